The number of allylic oxidation sites excluding steroid dienone is 3. The third-order valence-corrected chi connectivity index (χ3v) is 4.14. The molecule has 0 saturated carbocycles. The number of nitrogens with zero attached hydrogens (tertiary/aromatic N) is 2. The first-order chi connectivity index (χ1) is 16.0. The van der Waals surface area contributed by atoms with Crippen molar-refractivity contribution < 1.29 is 28.8 Å². The number of hydrogen-bond acceptors (Lipinski definition) is 8. The summed E-state index contributed by atoms with van der Waals surface area (Å²) >= 11 is 0. The molecule has 0 unspecified atom stereocenters. The van der Waals surface area contributed by atoms with Crippen molar-refractivity contribution in [3.8, 4) is 35.1 Å². The van der Waals surface area contributed by atoms with Crippen LogP contribution in [0.15, 0.2) is 60.4 Å². The minimum absolute atomic E-state index is 0.101. The van der Waals surface area contributed by atoms with Crippen molar-refractivity contribution >= 4 is 17.9 Å². The average molecular weight is 446 g/mol. The van der Waals surface area contributed by atoms with Crippen LogP contribution in [0.4, 0.5) is 0 Å². The maximum atomic E-state index is 12.1. The molecule has 1 N–H and O–H groups in total. The van der Waals surface area contributed by atoms with E-state index < -0.39 is 5.78 Å². The van der Waals surface area contributed by atoms with Crippen LogP contribution >= 0.6 is 0 Å². The molecule has 33 heavy (non-hydrogen) atoms. The Bertz CT molecular complexity index is 1150. The zero-order valence-corrected chi connectivity index (χ0v) is 18.1. The molecular formula is C25H22N2O6. The lowest BCUT2D eigenvalue weighted by molar-refractivity contribution is -0.110. The van der Waals surface area contributed by atoms with E-state index in [0.29, 0.717) is 34.1 Å². The first-order valence-corrected chi connectivity index (χ1v) is 9.67. The van der Waals surface area contributed by atoms with Crippen LogP contribution in [0.3, 0.4) is 0 Å². The van der Waals surface area contributed by atoms with Crippen molar-refractivity contribution in [3.63, 3.8) is 0 Å². The second-order valence-electron chi connectivity index (χ2n) is 6.35. The van der Waals surface area contributed by atoms with Gasteiger partial charge in [-0.3, -0.25) is 4.79 Å². The fourth-order valence-corrected chi connectivity index (χ4v) is 2.64. The Kier molecular flexibility index (Phi) is 9.59. The van der Waals surface area contributed by atoms with Gasteiger partial charge in [0.2, 0.25) is 0 Å². The molecule has 0 radical (unpaired) electrons. The fraction of sp³-hybridized carbons (Fsp3) is 0.160. The van der Waals surface area contributed by atoms with E-state index in [1.165, 1.54) is 26.4 Å². The summed E-state index contributed by atoms with van der Waals surface area (Å²) in [5.41, 5.74) is 1.38. The predicted molar refractivity (Wildman–Crippen MR) is 122 cm³/mol. The van der Waals surface area contributed by atoms with Crippen LogP contribution in [0.2, 0.25) is 0 Å². The number of carbonyl (C=O) groups excluding carboxylic acids is 1. The molecule has 0 bridgehead atoms. The Hall–Kier alpha value is -4.69. The summed E-state index contributed by atoms with van der Waals surface area (Å²) in [5.74, 6) is 1.07. The van der Waals surface area contributed by atoms with Crippen LogP contribution in [-0.2, 0) is 4.79 Å². The number of hydrogen-bond donors (Lipinski definition) is 1. The maximum absolute atomic E-state index is 12.1. The SMILES string of the molecule is COc1cc(/C=C/C(=O)/C=C(O)/C=C/c2ccc(OCC#N)c(OC)c2)ccc1OCC#N. The molecule has 0 heterocycles. The quantitative estimate of drug-likeness (QED) is 0.309. The molecule has 8 nitrogen and oxygen atoms in total. The van der Waals surface area contributed by atoms with Crippen molar-refractivity contribution in [2.75, 3.05) is 27.4 Å². The Morgan fingerprint density at radius 1 is 0.848 bits per heavy atom. The van der Waals surface area contributed by atoms with E-state index in [1.807, 2.05) is 12.1 Å². The van der Waals surface area contributed by atoms with Crippen molar-refractivity contribution in [2.24, 2.45) is 0 Å². The lowest BCUT2D eigenvalue weighted by Gasteiger charge is -2.08. The number of nitriles is 2. The van der Waals surface area contributed by atoms with E-state index >= 15 is 0 Å². The maximum Gasteiger partial charge on any atom is 0.182 e. The molecular weight excluding hydrogens is 424 g/mol. The van der Waals surface area contributed by atoms with Crippen molar-refractivity contribution in [1.29, 1.82) is 10.5 Å². The Morgan fingerprint density at radius 3 is 1.79 bits per heavy atom. The smallest absolute Gasteiger partial charge is 0.182 e. The second kappa shape index (κ2) is 12.9. The molecule has 0 aromatic heterocycles. The number of ketones is 1. The fourth-order valence-electron chi connectivity index (χ4n) is 2.64. The molecule has 8 heteroatoms. The molecule has 168 valence electrons. The molecule has 0 aliphatic carbocycles. The third-order valence-electron chi connectivity index (χ3n) is 4.14. The first kappa shape index (κ1) is 24.6. The van der Waals surface area contributed by atoms with Crippen LogP contribution in [-0.4, -0.2) is 38.3 Å². The highest BCUT2D eigenvalue weighted by atomic mass is 16.5. The molecule has 0 fully saturated rings. The summed E-state index contributed by atoms with van der Waals surface area (Å²) in [4.78, 5) is 12.1. The summed E-state index contributed by atoms with van der Waals surface area (Å²) < 4.78 is 21.0. The summed E-state index contributed by atoms with van der Waals surface area (Å²) in [5, 5.41) is 27.3. The molecule has 0 saturated heterocycles. The Morgan fingerprint density at radius 2 is 1.33 bits per heavy atom. The van der Waals surface area contributed by atoms with Gasteiger partial charge >= 0.3 is 0 Å². The van der Waals surface area contributed by atoms with Gasteiger partial charge in [-0.05, 0) is 47.5 Å². The van der Waals surface area contributed by atoms with Crippen LogP contribution in [0.5, 0.6) is 23.0 Å². The average Bonchev–Trinajstić information content (AvgIpc) is 2.83. The normalized spacial score (nSPS) is 11.1. The highest BCUT2D eigenvalue weighted by molar-refractivity contribution is 6.02. The zero-order valence-electron chi connectivity index (χ0n) is 18.1. The Labute approximate surface area is 191 Å². The highest BCUT2D eigenvalue weighted by Crippen LogP contribution is 2.29. The molecule has 0 amide bonds. The third kappa shape index (κ3) is 7.82. The van der Waals surface area contributed by atoms with Gasteiger partial charge in [-0.25, -0.2) is 0 Å². The van der Waals surface area contributed by atoms with Crippen molar-refractivity contribution in [2.45, 2.75) is 0 Å². The van der Waals surface area contributed by atoms with Gasteiger partial charge in [-0.1, -0.05) is 24.3 Å². The molecule has 2 aromatic rings. The van der Waals surface area contributed by atoms with E-state index in [1.54, 1.807) is 48.6 Å². The molecule has 0 aliphatic heterocycles. The molecule has 0 atom stereocenters. The van der Waals surface area contributed by atoms with Crippen LogP contribution in [0.1, 0.15) is 11.1 Å². The van der Waals surface area contributed by atoms with Gasteiger partial charge in [0, 0.05) is 6.08 Å². The van der Waals surface area contributed by atoms with Crippen LogP contribution in [0.25, 0.3) is 12.2 Å². The minimum atomic E-state index is -0.418. The van der Waals surface area contributed by atoms with E-state index in [2.05, 4.69) is 0 Å². The number of aliphatic hydroxyl groups excluding tert-OH is 1. The number of benzene rings is 2. The Balaban J connectivity index is 2.05. The van der Waals surface area contributed by atoms with E-state index in [4.69, 9.17) is 29.5 Å². The van der Waals surface area contributed by atoms with Gasteiger partial charge in [0.1, 0.15) is 17.9 Å². The highest BCUT2D eigenvalue weighted by Gasteiger charge is 2.06. The van der Waals surface area contributed by atoms with E-state index in [9.17, 15) is 9.90 Å². The van der Waals surface area contributed by atoms with Gasteiger partial charge in [-0.2, -0.15) is 10.5 Å². The van der Waals surface area contributed by atoms with Gasteiger partial charge in [-0.15, -0.1) is 0 Å². The topological polar surface area (TPSA) is 122 Å². The number of rotatable bonds is 11. The van der Waals surface area contributed by atoms with Gasteiger partial charge in [0.25, 0.3) is 0 Å². The standard InChI is InChI=1S/C25H22N2O6/c1-30-24-15-18(5-9-22(24)32-13-11-26)3-7-20(28)17-21(29)8-4-19-6-10-23(33-14-12-27)25(16-19)31-2/h3-10,15-17,28H,13-14H2,1-2H3/b7-3+,8-4+,20-17-. The molecule has 2 aromatic carbocycles. The number of methoxy groups -OCH3 is 2. The predicted octanol–water partition coefficient (Wildman–Crippen LogP) is 4.25. The van der Waals surface area contributed by atoms with Gasteiger partial charge in [0.15, 0.2) is 42.0 Å². The zero-order chi connectivity index (χ0) is 24.1. The number of ether oxygens (including phenoxy) is 4. The van der Waals surface area contributed by atoms with Crippen molar-refractivity contribution in [3.05, 3.63) is 71.5 Å². The lowest BCUT2D eigenvalue weighted by Crippen LogP contribution is -1.97. The van der Waals surface area contributed by atoms with Crippen molar-refractivity contribution in [1.82, 2.24) is 0 Å². The molecule has 0 spiro atoms. The van der Waals surface area contributed by atoms with E-state index in [0.717, 1.165) is 6.08 Å². The van der Waals surface area contributed by atoms with Gasteiger partial charge < -0.3 is 24.1 Å². The first-order valence-electron chi connectivity index (χ1n) is 9.67. The summed E-state index contributed by atoms with van der Waals surface area (Å²) in [6.45, 7) is -0.204. The lowest BCUT2D eigenvalue weighted by atomic mass is 10.1. The minimum Gasteiger partial charge on any atom is -0.508 e. The largest absolute Gasteiger partial charge is 0.508 e. The molecule has 0 aliphatic rings. The monoisotopic (exact) mass is 446 g/mol. The summed E-state index contributed by atoms with van der Waals surface area (Å²) in [6.07, 6.45) is 6.93. The van der Waals surface area contributed by atoms with Gasteiger partial charge in [0.05, 0.1) is 14.2 Å². The number of carbonyl (C=O) groups is 1. The van der Waals surface area contributed by atoms with Crippen LogP contribution < -0.4 is 18.9 Å². The second-order valence-corrected chi connectivity index (χ2v) is 6.35. The molecule has 2 rings (SSSR count). The number of aliphatic hydroxyl groups is 1. The summed E-state index contributed by atoms with van der Waals surface area (Å²) in [6, 6.07) is 13.8. The van der Waals surface area contributed by atoms with Crippen LogP contribution in [0, 0.1) is 22.7 Å². The summed E-state index contributed by atoms with van der Waals surface area (Å²) in [7, 11) is 2.95. The van der Waals surface area contributed by atoms with E-state index in [-0.39, 0.29) is 19.0 Å².